The van der Waals surface area contributed by atoms with Crippen LogP contribution >= 0.6 is 0 Å². The number of fused-ring (bicyclic) bond motifs is 1. The van der Waals surface area contributed by atoms with Gasteiger partial charge in [0.1, 0.15) is 0 Å². The van der Waals surface area contributed by atoms with Gasteiger partial charge in [-0.15, -0.1) is 0 Å². The molecular formula is C10H8N2O2. The highest BCUT2D eigenvalue weighted by Gasteiger charge is 2.01. The summed E-state index contributed by atoms with van der Waals surface area (Å²) in [5.74, 6) is -0.852. The van der Waals surface area contributed by atoms with Crippen molar-refractivity contribution in [2.24, 2.45) is 0 Å². The van der Waals surface area contributed by atoms with Crippen LogP contribution in [0.3, 0.4) is 0 Å². The number of hydrogen-bond donors (Lipinski definition) is 1. The van der Waals surface area contributed by atoms with Gasteiger partial charge in [0.2, 0.25) is 0 Å². The fourth-order valence-corrected chi connectivity index (χ4v) is 1.29. The van der Waals surface area contributed by atoms with Crippen molar-refractivity contribution in [2.75, 3.05) is 0 Å². The first kappa shape index (κ1) is 8.62. The molecule has 0 saturated heterocycles. The molecule has 4 nitrogen and oxygen atoms in total. The average molecular weight is 188 g/mol. The second-order valence-corrected chi connectivity index (χ2v) is 2.98. The molecule has 0 aliphatic carbocycles. The Labute approximate surface area is 80.2 Å². The van der Waals surface area contributed by atoms with E-state index in [-0.39, 0.29) is 6.42 Å². The lowest BCUT2D eigenvalue weighted by atomic mass is 10.1. The first-order chi connectivity index (χ1) is 6.75. The van der Waals surface area contributed by atoms with Crippen molar-refractivity contribution in [1.29, 1.82) is 0 Å². The Morgan fingerprint density at radius 1 is 1.43 bits per heavy atom. The number of carboxylic acids is 1. The van der Waals surface area contributed by atoms with Gasteiger partial charge < -0.3 is 5.11 Å². The molecule has 1 N–H and O–H groups in total. The molecular weight excluding hydrogens is 180 g/mol. The molecule has 70 valence electrons. The van der Waals surface area contributed by atoms with E-state index in [0.717, 1.165) is 10.9 Å². The van der Waals surface area contributed by atoms with E-state index in [0.29, 0.717) is 5.56 Å². The molecule has 0 amide bonds. The molecule has 0 bridgehead atoms. The molecule has 0 aromatic carbocycles. The summed E-state index contributed by atoms with van der Waals surface area (Å²) in [5, 5.41) is 9.46. The summed E-state index contributed by atoms with van der Waals surface area (Å²) in [7, 11) is 0. The van der Waals surface area contributed by atoms with Crippen LogP contribution in [-0.2, 0) is 11.2 Å². The minimum Gasteiger partial charge on any atom is -0.481 e. The molecule has 2 aromatic heterocycles. The average Bonchev–Trinajstić information content (AvgIpc) is 2.17. The van der Waals surface area contributed by atoms with Crippen LogP contribution in [0, 0.1) is 0 Å². The molecule has 0 saturated carbocycles. The van der Waals surface area contributed by atoms with E-state index in [1.807, 2.05) is 0 Å². The predicted molar refractivity (Wildman–Crippen MR) is 50.9 cm³/mol. The van der Waals surface area contributed by atoms with E-state index in [1.165, 1.54) is 0 Å². The summed E-state index contributed by atoms with van der Waals surface area (Å²) in [4.78, 5) is 18.5. The summed E-state index contributed by atoms with van der Waals surface area (Å²) < 4.78 is 0. The van der Waals surface area contributed by atoms with Gasteiger partial charge in [-0.25, -0.2) is 0 Å². The van der Waals surface area contributed by atoms with Crippen LogP contribution in [0.5, 0.6) is 0 Å². The Morgan fingerprint density at radius 3 is 3.07 bits per heavy atom. The third-order valence-electron chi connectivity index (χ3n) is 1.89. The molecule has 4 heteroatoms. The number of rotatable bonds is 2. The van der Waals surface area contributed by atoms with Crippen molar-refractivity contribution in [1.82, 2.24) is 9.97 Å². The maximum atomic E-state index is 10.5. The highest BCUT2D eigenvalue weighted by molar-refractivity contribution is 5.79. The molecule has 2 aromatic rings. The van der Waals surface area contributed by atoms with Gasteiger partial charge >= 0.3 is 5.97 Å². The Bertz CT molecular complexity index is 482. The number of carboxylic acid groups (broad SMARTS) is 1. The highest BCUT2D eigenvalue weighted by atomic mass is 16.4. The van der Waals surface area contributed by atoms with Gasteiger partial charge in [0.25, 0.3) is 0 Å². The maximum Gasteiger partial charge on any atom is 0.307 e. The van der Waals surface area contributed by atoms with Crippen molar-refractivity contribution in [2.45, 2.75) is 6.42 Å². The molecule has 14 heavy (non-hydrogen) atoms. The summed E-state index contributed by atoms with van der Waals surface area (Å²) in [5.41, 5.74) is 1.52. The summed E-state index contributed by atoms with van der Waals surface area (Å²) in [6.07, 6.45) is 4.91. The molecule has 0 radical (unpaired) electrons. The van der Waals surface area contributed by atoms with E-state index in [2.05, 4.69) is 9.97 Å². The first-order valence-corrected chi connectivity index (χ1v) is 4.16. The largest absolute Gasteiger partial charge is 0.481 e. The van der Waals surface area contributed by atoms with Gasteiger partial charge in [0.15, 0.2) is 0 Å². The molecule has 2 rings (SSSR count). The van der Waals surface area contributed by atoms with Crippen LogP contribution in [0.2, 0.25) is 0 Å². The monoisotopic (exact) mass is 188 g/mol. The van der Waals surface area contributed by atoms with Crippen molar-refractivity contribution in [3.63, 3.8) is 0 Å². The second-order valence-electron chi connectivity index (χ2n) is 2.98. The minimum atomic E-state index is -0.852. The van der Waals surface area contributed by atoms with Gasteiger partial charge in [-0.2, -0.15) is 0 Å². The van der Waals surface area contributed by atoms with Gasteiger partial charge in [-0.3, -0.25) is 14.8 Å². The number of nitrogens with zero attached hydrogens (tertiary/aromatic N) is 2. The number of aliphatic carboxylic acids is 1. The third kappa shape index (κ3) is 1.69. The third-order valence-corrected chi connectivity index (χ3v) is 1.89. The molecule has 2 heterocycles. The molecule has 0 atom stereocenters. The summed E-state index contributed by atoms with van der Waals surface area (Å²) in [6.45, 7) is 0. The van der Waals surface area contributed by atoms with E-state index in [4.69, 9.17) is 5.11 Å². The molecule has 0 fully saturated rings. The van der Waals surface area contributed by atoms with Gasteiger partial charge in [-0.1, -0.05) is 0 Å². The fraction of sp³-hybridized carbons (Fsp3) is 0.100. The van der Waals surface area contributed by atoms with E-state index >= 15 is 0 Å². The molecule has 0 unspecified atom stereocenters. The van der Waals surface area contributed by atoms with E-state index in [9.17, 15) is 4.79 Å². The first-order valence-electron chi connectivity index (χ1n) is 4.16. The maximum absolute atomic E-state index is 10.5. The minimum absolute atomic E-state index is 0.00215. The van der Waals surface area contributed by atoms with Crippen molar-refractivity contribution < 1.29 is 9.90 Å². The second kappa shape index (κ2) is 3.41. The lowest BCUT2D eigenvalue weighted by Gasteiger charge is -1.99. The number of carbonyl (C=O) groups is 1. The zero-order valence-corrected chi connectivity index (χ0v) is 7.34. The van der Waals surface area contributed by atoms with Gasteiger partial charge in [-0.05, 0) is 17.7 Å². The number of pyridine rings is 2. The normalized spacial score (nSPS) is 10.3. The van der Waals surface area contributed by atoms with Crippen LogP contribution in [0.25, 0.3) is 10.9 Å². The van der Waals surface area contributed by atoms with Gasteiger partial charge in [0.05, 0.1) is 11.9 Å². The molecule has 0 aliphatic rings. The quantitative estimate of drug-likeness (QED) is 0.770. The van der Waals surface area contributed by atoms with E-state index in [1.54, 1.807) is 30.7 Å². The zero-order chi connectivity index (χ0) is 9.97. The molecule has 0 aliphatic heterocycles. The Morgan fingerprint density at radius 2 is 2.29 bits per heavy atom. The topological polar surface area (TPSA) is 63.1 Å². The summed E-state index contributed by atoms with van der Waals surface area (Å²) in [6, 6.07) is 3.59. The fourth-order valence-electron chi connectivity index (χ4n) is 1.29. The summed E-state index contributed by atoms with van der Waals surface area (Å²) >= 11 is 0. The zero-order valence-electron chi connectivity index (χ0n) is 7.34. The van der Waals surface area contributed by atoms with Gasteiger partial charge in [0, 0.05) is 24.0 Å². The van der Waals surface area contributed by atoms with Crippen LogP contribution in [-0.4, -0.2) is 21.0 Å². The lowest BCUT2D eigenvalue weighted by Crippen LogP contribution is -2.00. The van der Waals surface area contributed by atoms with Crippen LogP contribution in [0.15, 0.2) is 30.7 Å². The highest BCUT2D eigenvalue weighted by Crippen LogP contribution is 2.11. The lowest BCUT2D eigenvalue weighted by molar-refractivity contribution is -0.136. The Hall–Kier alpha value is -1.97. The number of aromatic nitrogens is 2. The van der Waals surface area contributed by atoms with Crippen LogP contribution in [0.4, 0.5) is 0 Å². The Kier molecular flexibility index (Phi) is 2.10. The number of hydrogen-bond acceptors (Lipinski definition) is 3. The van der Waals surface area contributed by atoms with Crippen molar-refractivity contribution >= 4 is 16.9 Å². The molecule has 0 spiro atoms. The van der Waals surface area contributed by atoms with Crippen LogP contribution < -0.4 is 0 Å². The predicted octanol–water partition coefficient (Wildman–Crippen LogP) is 1.26. The van der Waals surface area contributed by atoms with Crippen molar-refractivity contribution in [3.05, 3.63) is 36.3 Å². The van der Waals surface area contributed by atoms with E-state index < -0.39 is 5.97 Å². The standard InChI is InChI=1S/C10H8N2O2/c13-10(14)4-7-3-8-6-11-2-1-9(8)12-5-7/h1-3,5-6H,4H2,(H,13,14). The Balaban J connectivity index is 2.46. The SMILES string of the molecule is O=C(O)Cc1cnc2ccncc2c1. The smallest absolute Gasteiger partial charge is 0.307 e. The van der Waals surface area contributed by atoms with Crippen LogP contribution in [0.1, 0.15) is 5.56 Å². The van der Waals surface area contributed by atoms with Crippen molar-refractivity contribution in [3.8, 4) is 0 Å².